The summed E-state index contributed by atoms with van der Waals surface area (Å²) in [5.74, 6) is 1.06. The number of amides is 2. The number of ether oxygens (including phenoxy) is 1. The highest BCUT2D eigenvalue weighted by atomic mass is 127. The van der Waals surface area contributed by atoms with E-state index in [1.807, 2.05) is 32.0 Å². The molecule has 35 heavy (non-hydrogen) atoms. The number of nitrogens with two attached hydrogens (primary N) is 2. The average Bonchev–Trinajstić information content (AvgIpc) is 3.18. The van der Waals surface area contributed by atoms with Crippen molar-refractivity contribution in [2.45, 2.75) is 44.3 Å². The van der Waals surface area contributed by atoms with Crippen LogP contribution < -0.4 is 31.4 Å². The van der Waals surface area contributed by atoms with E-state index in [-0.39, 0.29) is 36.5 Å². The molecule has 2 aromatic heterocycles. The molecule has 6 N–H and O–H groups in total. The lowest BCUT2D eigenvalue weighted by atomic mass is 10.3. The predicted octanol–water partition coefficient (Wildman–Crippen LogP) is 1.05. The molecule has 188 valence electrons. The van der Waals surface area contributed by atoms with E-state index in [4.69, 9.17) is 16.2 Å². The Morgan fingerprint density at radius 1 is 1.26 bits per heavy atom. The number of carbonyl (C=O) groups excluding carboxylic acids is 2. The molecule has 0 bridgehead atoms. The van der Waals surface area contributed by atoms with Gasteiger partial charge in [0, 0.05) is 17.0 Å². The van der Waals surface area contributed by atoms with Gasteiger partial charge in [0.25, 0.3) is 17.6 Å². The van der Waals surface area contributed by atoms with Gasteiger partial charge in [-0.15, -0.1) is 0 Å². The quantitative estimate of drug-likeness (QED) is 0.106. The zero-order valence-corrected chi connectivity index (χ0v) is 22.2. The van der Waals surface area contributed by atoms with Crippen LogP contribution in [0.25, 0.3) is 11.0 Å². The summed E-state index contributed by atoms with van der Waals surface area (Å²) in [6.07, 6.45) is 2.29. The summed E-state index contributed by atoms with van der Waals surface area (Å²) in [6.45, 7) is 6.75. The Morgan fingerprint density at radius 2 is 2.06 bits per heavy atom. The second kappa shape index (κ2) is 12.6. The van der Waals surface area contributed by atoms with Crippen molar-refractivity contribution in [1.82, 2.24) is 25.2 Å². The van der Waals surface area contributed by atoms with Gasteiger partial charge in [0.15, 0.2) is 29.2 Å². The van der Waals surface area contributed by atoms with Gasteiger partial charge in [0.1, 0.15) is 12.3 Å². The molecule has 0 spiro atoms. The van der Waals surface area contributed by atoms with Crippen LogP contribution in [0.3, 0.4) is 0 Å². The molecule has 3 rings (SSSR count). The van der Waals surface area contributed by atoms with Crippen molar-refractivity contribution in [3.63, 3.8) is 0 Å². The lowest BCUT2D eigenvalue weighted by Gasteiger charge is -2.07. The maximum absolute atomic E-state index is 12.8. The van der Waals surface area contributed by atoms with E-state index in [2.05, 4.69) is 52.3 Å². The largest absolute Gasteiger partial charge is 0.484 e. The molecule has 0 radical (unpaired) electrons. The number of fused-ring (bicyclic) bond motifs is 1. The number of anilines is 1. The number of hydrogen-bond donors (Lipinski definition) is 4. The summed E-state index contributed by atoms with van der Waals surface area (Å²) in [4.78, 5) is 33.2. The third-order valence-corrected chi connectivity index (χ3v) is 6.25. The molecule has 0 saturated carbocycles. The first-order valence-electron chi connectivity index (χ1n) is 11.5. The molecule has 0 aliphatic heterocycles. The van der Waals surface area contributed by atoms with Crippen molar-refractivity contribution in [1.29, 1.82) is 0 Å². The molecule has 0 aliphatic carbocycles. The average molecular weight is 595 g/mol. The van der Waals surface area contributed by atoms with Crippen LogP contribution in [-0.2, 0) is 28.9 Å². The van der Waals surface area contributed by atoms with Crippen LogP contribution in [-0.4, -0.2) is 46.0 Å². The van der Waals surface area contributed by atoms with E-state index < -0.39 is 0 Å². The maximum atomic E-state index is 12.8. The highest BCUT2D eigenvalue weighted by molar-refractivity contribution is 14.1. The summed E-state index contributed by atoms with van der Waals surface area (Å²) in [5.41, 5.74) is 14.1. The Morgan fingerprint density at radius 3 is 2.74 bits per heavy atom. The molecular weight excluding hydrogens is 563 g/mol. The number of aromatic nitrogens is 4. The third-order valence-electron chi connectivity index (χ3n) is 5.47. The summed E-state index contributed by atoms with van der Waals surface area (Å²) >= 11 is 2.16. The van der Waals surface area contributed by atoms with Gasteiger partial charge >= 0.3 is 0 Å². The van der Waals surface area contributed by atoms with Gasteiger partial charge in [-0.2, -0.15) is 0 Å². The van der Waals surface area contributed by atoms with E-state index >= 15 is 0 Å². The third kappa shape index (κ3) is 6.36. The molecule has 11 nitrogen and oxygen atoms in total. The molecule has 1 aromatic carbocycles. The van der Waals surface area contributed by atoms with E-state index in [0.29, 0.717) is 42.1 Å². The Balaban J connectivity index is 1.81. The van der Waals surface area contributed by atoms with Gasteiger partial charge in [-0.3, -0.25) is 9.59 Å². The predicted molar refractivity (Wildman–Crippen MR) is 141 cm³/mol. The number of nitrogens with one attached hydrogen (secondary N) is 2. The zero-order valence-electron chi connectivity index (χ0n) is 20.0. The normalized spacial score (nSPS) is 11.0. The van der Waals surface area contributed by atoms with E-state index in [1.54, 1.807) is 6.20 Å². The highest BCUT2D eigenvalue weighted by Crippen LogP contribution is 2.22. The minimum atomic E-state index is -0.373. The number of nitrogen functional groups attached to an aromatic ring is 1. The molecule has 3 aromatic rings. The van der Waals surface area contributed by atoms with Crippen molar-refractivity contribution in [2.24, 2.45) is 5.73 Å². The molecule has 0 saturated heterocycles. The van der Waals surface area contributed by atoms with Gasteiger partial charge < -0.3 is 26.8 Å². The summed E-state index contributed by atoms with van der Waals surface area (Å²) in [6, 6.07) is 5.72. The number of carbonyl (C=O) groups is 2. The monoisotopic (exact) mass is 595 g/mol. The smallest absolute Gasteiger partial charge is 0.277 e. The second-order valence-corrected chi connectivity index (χ2v) is 8.51. The fourth-order valence-electron chi connectivity index (χ4n) is 3.80. The molecule has 0 aliphatic rings. The number of aryl methyl sites for hydroxylation is 2. The van der Waals surface area contributed by atoms with Crippen molar-refractivity contribution >= 4 is 51.3 Å². The highest BCUT2D eigenvalue weighted by Gasteiger charge is 2.25. The van der Waals surface area contributed by atoms with Gasteiger partial charge in [0.2, 0.25) is 0 Å². The van der Waals surface area contributed by atoms with Crippen LogP contribution in [0.1, 0.15) is 42.3 Å². The van der Waals surface area contributed by atoms with Gasteiger partial charge in [-0.1, -0.05) is 22.6 Å². The van der Waals surface area contributed by atoms with Crippen molar-refractivity contribution in [2.75, 3.05) is 25.4 Å². The molecule has 2 heterocycles. The number of imidazole rings is 1. The van der Waals surface area contributed by atoms with Crippen LogP contribution >= 0.6 is 22.6 Å². The lowest BCUT2D eigenvalue weighted by molar-refractivity contribution is -0.676. The topological polar surface area (TPSA) is 154 Å². The van der Waals surface area contributed by atoms with Gasteiger partial charge in [0.05, 0.1) is 25.0 Å². The van der Waals surface area contributed by atoms with Crippen LogP contribution in [0.4, 0.5) is 5.82 Å². The molecule has 2 amide bonds. The van der Waals surface area contributed by atoms with Crippen molar-refractivity contribution in [3.05, 3.63) is 41.6 Å². The lowest BCUT2D eigenvalue weighted by Crippen LogP contribution is -2.40. The van der Waals surface area contributed by atoms with E-state index in [0.717, 1.165) is 23.3 Å². The standard InChI is InChI=1S/C23H31IN8O3/c1-3-31-17-7-6-16(35-14-19(33)27-9-5-8-25)10-18(17)32(4-2)20(31)13-29-23(34)21-22(26)28-12-15(11-24)30-21/h6-7,10,12H,3-5,8-9,11,13-14,25H2,1-2H3,(H3-,26,27,28,29,33,34)/p+1. The molecule has 0 unspecified atom stereocenters. The first kappa shape index (κ1) is 26.6. The first-order chi connectivity index (χ1) is 16.9. The number of halogens is 1. The number of rotatable bonds is 12. The van der Waals surface area contributed by atoms with Crippen LogP contribution in [0.5, 0.6) is 5.75 Å². The number of hydrogen-bond acceptors (Lipinski definition) is 7. The molecule has 0 atom stereocenters. The number of nitrogens with zero attached hydrogens (tertiary/aromatic N) is 4. The Kier molecular flexibility index (Phi) is 9.60. The second-order valence-electron chi connectivity index (χ2n) is 7.75. The Labute approximate surface area is 217 Å². The fourth-order valence-corrected chi connectivity index (χ4v) is 4.16. The summed E-state index contributed by atoms with van der Waals surface area (Å²) < 4.78 is 10.6. The van der Waals surface area contributed by atoms with Crippen LogP contribution in [0.2, 0.25) is 0 Å². The Bertz CT molecular complexity index is 1200. The van der Waals surface area contributed by atoms with Crippen molar-refractivity contribution < 1.29 is 18.9 Å². The molecule has 12 heteroatoms. The number of alkyl halides is 1. The Hall–Kier alpha value is -3.00. The molecular formula is C23H32IN8O3+. The zero-order chi connectivity index (χ0) is 25.4. The summed E-state index contributed by atoms with van der Waals surface area (Å²) in [5, 5.41) is 5.71. The van der Waals surface area contributed by atoms with E-state index in [9.17, 15) is 9.59 Å². The van der Waals surface area contributed by atoms with Crippen LogP contribution in [0.15, 0.2) is 24.4 Å². The van der Waals surface area contributed by atoms with Gasteiger partial charge in [-0.05, 0) is 38.9 Å². The van der Waals surface area contributed by atoms with Crippen LogP contribution in [0, 0.1) is 0 Å². The number of benzene rings is 1. The minimum absolute atomic E-state index is 0.0711. The van der Waals surface area contributed by atoms with Gasteiger partial charge in [-0.25, -0.2) is 19.1 Å². The minimum Gasteiger partial charge on any atom is -0.484 e. The molecule has 0 fully saturated rings. The van der Waals surface area contributed by atoms with E-state index in [1.165, 1.54) is 0 Å². The summed E-state index contributed by atoms with van der Waals surface area (Å²) in [7, 11) is 0. The SMILES string of the molecule is CCn1c(CNC(=O)c2nc(CI)cnc2N)[n+](CC)c2ccc(OCC(=O)NCCCN)cc21. The van der Waals surface area contributed by atoms with Crippen molar-refractivity contribution in [3.8, 4) is 5.75 Å². The fraction of sp³-hybridized carbons (Fsp3) is 0.435. The first-order valence-corrected chi connectivity index (χ1v) is 13.1. The maximum Gasteiger partial charge on any atom is 0.277 e.